The third-order valence-corrected chi connectivity index (χ3v) is 6.67. The van der Waals surface area contributed by atoms with Crippen molar-refractivity contribution in [3.05, 3.63) is 77.8 Å². The summed E-state index contributed by atoms with van der Waals surface area (Å²) in [4.78, 5) is 12.2. The summed E-state index contributed by atoms with van der Waals surface area (Å²) in [7, 11) is 2.15. The fraction of sp³-hybridized carbons (Fsp3) is 0.296. The molecule has 0 spiro atoms. The van der Waals surface area contributed by atoms with Crippen molar-refractivity contribution >= 4 is 34.1 Å². The van der Waals surface area contributed by atoms with E-state index in [1.807, 2.05) is 24.3 Å². The summed E-state index contributed by atoms with van der Waals surface area (Å²) < 4.78 is 4.51. The molecule has 0 atom stereocenters. The second-order valence-electron chi connectivity index (χ2n) is 8.82. The number of aryl methyl sites for hydroxylation is 2. The fourth-order valence-electron chi connectivity index (χ4n) is 5.04. The first-order valence-electron chi connectivity index (χ1n) is 11.4. The van der Waals surface area contributed by atoms with Crippen LogP contribution in [0.1, 0.15) is 39.1 Å². The molecule has 0 aliphatic carbocycles. The van der Waals surface area contributed by atoms with Crippen molar-refractivity contribution < 1.29 is 17.0 Å². The summed E-state index contributed by atoms with van der Waals surface area (Å²) in [6.45, 7) is 10.6. The average molecular weight is 460 g/mol. The van der Waals surface area contributed by atoms with Gasteiger partial charge in [0.05, 0.1) is 13.1 Å². The van der Waals surface area contributed by atoms with E-state index in [1.165, 1.54) is 16.9 Å². The molecule has 0 N–H and O–H groups in total. The molecular formula is C27H30ClN5. The first kappa shape index (κ1) is 23.0. The van der Waals surface area contributed by atoms with Gasteiger partial charge in [-0.2, -0.15) is 0 Å². The third-order valence-electron chi connectivity index (χ3n) is 6.67. The van der Waals surface area contributed by atoms with E-state index in [4.69, 9.17) is 9.97 Å². The van der Waals surface area contributed by atoms with E-state index in [9.17, 15) is 0 Å². The van der Waals surface area contributed by atoms with Crippen LogP contribution in [0.4, 0.5) is 5.69 Å². The Labute approximate surface area is 201 Å². The Kier molecular flexibility index (Phi) is 6.02. The number of allylic oxidation sites excluding steroid dienone is 3. The molecule has 3 heterocycles. The minimum atomic E-state index is -0.0330. The van der Waals surface area contributed by atoms with Gasteiger partial charge < -0.3 is 17.3 Å². The predicted molar refractivity (Wildman–Crippen MR) is 132 cm³/mol. The molecule has 0 amide bonds. The maximum Gasteiger partial charge on any atom is 0.323 e. The van der Waals surface area contributed by atoms with E-state index in [2.05, 4.69) is 91.3 Å². The number of hydrogen-bond acceptors (Lipinski definition) is 3. The van der Waals surface area contributed by atoms with Gasteiger partial charge in [0.25, 0.3) is 5.65 Å². The lowest BCUT2D eigenvalue weighted by Gasteiger charge is -2.23. The minimum absolute atomic E-state index is 0. The molecule has 33 heavy (non-hydrogen) atoms. The van der Waals surface area contributed by atoms with E-state index in [1.54, 1.807) is 0 Å². The smallest absolute Gasteiger partial charge is 0.323 e. The molecule has 0 radical (unpaired) electrons. The predicted octanol–water partition coefficient (Wildman–Crippen LogP) is 2.24. The number of nitrogens with zero attached hydrogens (tertiary/aromatic N) is 5. The number of benzene rings is 2. The molecule has 0 fully saturated rings. The van der Waals surface area contributed by atoms with Crippen LogP contribution in [-0.4, -0.2) is 21.6 Å². The van der Waals surface area contributed by atoms with Crippen molar-refractivity contribution in [3.8, 4) is 0 Å². The highest BCUT2D eigenvalue weighted by Crippen LogP contribution is 2.46. The third kappa shape index (κ3) is 3.51. The van der Waals surface area contributed by atoms with Gasteiger partial charge in [-0.25, -0.2) is 14.1 Å². The molecule has 2 aromatic heterocycles. The van der Waals surface area contributed by atoms with E-state index in [0.717, 1.165) is 41.2 Å². The van der Waals surface area contributed by atoms with E-state index in [-0.39, 0.29) is 17.8 Å². The summed E-state index contributed by atoms with van der Waals surface area (Å²) in [6, 6.07) is 16.8. The number of anilines is 1. The van der Waals surface area contributed by atoms with Crippen molar-refractivity contribution in [1.82, 2.24) is 14.5 Å². The molecule has 1 aliphatic heterocycles. The number of hydrogen-bond donors (Lipinski definition) is 0. The molecule has 170 valence electrons. The summed E-state index contributed by atoms with van der Waals surface area (Å²) in [5.74, 6) is 1.12. The summed E-state index contributed by atoms with van der Waals surface area (Å²) in [5, 5.41) is 0. The lowest BCUT2D eigenvalue weighted by Crippen LogP contribution is -3.00. The Morgan fingerprint density at radius 1 is 0.970 bits per heavy atom. The highest BCUT2D eigenvalue weighted by atomic mass is 35.5. The SMILES string of the molecule is CCn1c(/C=C/C=C2\N(C)c3ccccc3C2(C)C)[n+](CC)c2nc3ccccc3nc21.[Cl-]. The average Bonchev–Trinajstić information content (AvgIpc) is 3.20. The van der Waals surface area contributed by atoms with Crippen LogP contribution in [0.2, 0.25) is 0 Å². The number of fused-ring (bicyclic) bond motifs is 3. The van der Waals surface area contributed by atoms with Gasteiger partial charge in [0.15, 0.2) is 5.52 Å². The highest BCUT2D eigenvalue weighted by Gasteiger charge is 2.37. The first-order chi connectivity index (χ1) is 15.5. The van der Waals surface area contributed by atoms with Crippen LogP contribution in [0.15, 0.2) is 66.4 Å². The second-order valence-corrected chi connectivity index (χ2v) is 8.82. The monoisotopic (exact) mass is 459 g/mol. The van der Waals surface area contributed by atoms with Crippen molar-refractivity contribution in [2.75, 3.05) is 11.9 Å². The molecule has 0 saturated heterocycles. The van der Waals surface area contributed by atoms with Crippen LogP contribution in [0, 0.1) is 0 Å². The topological polar surface area (TPSA) is 37.8 Å². The number of aromatic nitrogens is 4. The number of likely N-dealkylation sites (N-methyl/N-ethyl adjacent to an activating group) is 1. The molecule has 0 saturated carbocycles. The molecule has 0 unspecified atom stereocenters. The van der Waals surface area contributed by atoms with Crippen LogP contribution in [0.25, 0.3) is 28.4 Å². The summed E-state index contributed by atoms with van der Waals surface area (Å²) in [6.07, 6.45) is 6.61. The quantitative estimate of drug-likeness (QED) is 0.439. The summed E-state index contributed by atoms with van der Waals surface area (Å²) >= 11 is 0. The summed E-state index contributed by atoms with van der Waals surface area (Å²) in [5.41, 5.74) is 7.64. The van der Waals surface area contributed by atoms with Crippen molar-refractivity contribution in [3.63, 3.8) is 0 Å². The molecule has 0 bridgehead atoms. The molecular weight excluding hydrogens is 430 g/mol. The van der Waals surface area contributed by atoms with Crippen molar-refractivity contribution in [2.24, 2.45) is 0 Å². The van der Waals surface area contributed by atoms with Gasteiger partial charge >= 0.3 is 5.65 Å². The lowest BCUT2D eigenvalue weighted by atomic mass is 9.84. The molecule has 4 aromatic rings. The Morgan fingerprint density at radius 2 is 1.64 bits per heavy atom. The van der Waals surface area contributed by atoms with Crippen LogP contribution in [0.3, 0.4) is 0 Å². The van der Waals surface area contributed by atoms with E-state index >= 15 is 0 Å². The molecule has 2 aromatic carbocycles. The largest absolute Gasteiger partial charge is 1.00 e. The van der Waals surface area contributed by atoms with Crippen LogP contribution < -0.4 is 21.9 Å². The van der Waals surface area contributed by atoms with Gasteiger partial charge in [0.2, 0.25) is 5.82 Å². The van der Waals surface area contributed by atoms with Gasteiger partial charge in [-0.15, -0.1) is 0 Å². The first-order valence-corrected chi connectivity index (χ1v) is 11.4. The Morgan fingerprint density at radius 3 is 2.30 bits per heavy atom. The molecule has 1 aliphatic rings. The van der Waals surface area contributed by atoms with E-state index < -0.39 is 0 Å². The van der Waals surface area contributed by atoms with Crippen LogP contribution in [0.5, 0.6) is 0 Å². The zero-order chi connectivity index (χ0) is 22.5. The second kappa shape index (κ2) is 8.64. The van der Waals surface area contributed by atoms with Crippen LogP contribution >= 0.6 is 0 Å². The maximum atomic E-state index is 4.95. The standard InChI is InChI=1S/C27H30N5.ClH/c1-6-31-24(32(7-2)26-25(31)28-20-14-9-10-15-21(20)29-26)18-12-17-23-27(3,4)19-13-8-11-16-22(19)30(23)5;/h8-18H,6-7H2,1-5H3;1H/q+1;/p-1. The lowest BCUT2D eigenvalue weighted by molar-refractivity contribution is -0.672. The molecule has 5 rings (SSSR count). The normalized spacial score (nSPS) is 16.2. The Balaban J connectivity index is 0.00000259. The van der Waals surface area contributed by atoms with E-state index in [0.29, 0.717) is 0 Å². The number of halogens is 1. The van der Waals surface area contributed by atoms with Gasteiger partial charge in [-0.1, -0.05) is 55.2 Å². The Bertz CT molecular complexity index is 1340. The number of imidazole rings is 1. The zero-order valence-corrected chi connectivity index (χ0v) is 20.6. The van der Waals surface area contributed by atoms with Gasteiger partial charge in [0, 0.05) is 29.9 Å². The molecule has 5 nitrogen and oxygen atoms in total. The van der Waals surface area contributed by atoms with Crippen molar-refractivity contribution in [2.45, 2.75) is 46.2 Å². The minimum Gasteiger partial charge on any atom is -1.00 e. The number of para-hydroxylation sites is 3. The molecule has 6 heteroatoms. The van der Waals surface area contributed by atoms with Crippen LogP contribution in [-0.2, 0) is 18.5 Å². The highest BCUT2D eigenvalue weighted by molar-refractivity contribution is 5.82. The Hall–Kier alpha value is -3.18. The van der Waals surface area contributed by atoms with Gasteiger partial charge in [-0.05, 0) is 43.7 Å². The van der Waals surface area contributed by atoms with Crippen molar-refractivity contribution in [1.29, 1.82) is 0 Å². The van der Waals surface area contributed by atoms with Gasteiger partial charge in [-0.3, -0.25) is 0 Å². The zero-order valence-electron chi connectivity index (χ0n) is 19.9. The number of rotatable bonds is 4. The van der Waals surface area contributed by atoms with Gasteiger partial charge in [0.1, 0.15) is 5.52 Å². The maximum absolute atomic E-state index is 4.95. The fourth-order valence-corrected chi connectivity index (χ4v) is 5.04.